The number of aliphatic carboxylic acids is 1. The number of hydrogen-bond donors (Lipinski definition) is 1. The van der Waals surface area contributed by atoms with Crippen LogP contribution in [0.25, 0.3) is 17.3 Å². The number of rotatable bonds is 5. The third-order valence-corrected chi connectivity index (χ3v) is 2.94. The Kier molecular flexibility index (Phi) is 4.69. The van der Waals surface area contributed by atoms with Crippen molar-refractivity contribution in [3.63, 3.8) is 0 Å². The fourth-order valence-corrected chi connectivity index (χ4v) is 1.94. The Bertz CT molecular complexity index is 792. The van der Waals surface area contributed by atoms with Crippen molar-refractivity contribution in [1.29, 1.82) is 10.5 Å². The average Bonchev–Trinajstić information content (AvgIpc) is 2.94. The molecule has 1 heterocycles. The molecule has 6 nitrogen and oxygen atoms in total. The molecule has 0 aliphatic rings. The van der Waals surface area contributed by atoms with Crippen molar-refractivity contribution < 1.29 is 9.90 Å². The molecule has 0 atom stereocenters. The van der Waals surface area contributed by atoms with Crippen molar-refractivity contribution >= 4 is 12.0 Å². The van der Waals surface area contributed by atoms with Crippen LogP contribution in [0.2, 0.25) is 0 Å². The Morgan fingerprint density at radius 2 is 2.05 bits per heavy atom. The van der Waals surface area contributed by atoms with Gasteiger partial charge in [-0.2, -0.15) is 15.6 Å². The third kappa shape index (κ3) is 3.38. The molecular weight excluding hydrogens is 280 g/mol. The molecule has 0 spiro atoms. The summed E-state index contributed by atoms with van der Waals surface area (Å²) in [5.41, 5.74) is 1.56. The first-order valence-electron chi connectivity index (χ1n) is 6.50. The van der Waals surface area contributed by atoms with Crippen molar-refractivity contribution in [2.24, 2.45) is 0 Å². The maximum Gasteiger partial charge on any atom is 0.346 e. The molecule has 0 aliphatic carbocycles. The molecule has 0 bridgehead atoms. The van der Waals surface area contributed by atoms with E-state index in [9.17, 15) is 4.79 Å². The van der Waals surface area contributed by atoms with Crippen LogP contribution in [0.15, 0.2) is 42.1 Å². The first-order valence-corrected chi connectivity index (χ1v) is 6.50. The van der Waals surface area contributed by atoms with Crippen LogP contribution in [-0.4, -0.2) is 20.9 Å². The molecule has 108 valence electrons. The summed E-state index contributed by atoms with van der Waals surface area (Å²) in [6.07, 6.45) is 3.23. The summed E-state index contributed by atoms with van der Waals surface area (Å²) in [5, 5.41) is 30.9. The highest BCUT2D eigenvalue weighted by Gasteiger charge is 2.13. The summed E-state index contributed by atoms with van der Waals surface area (Å²) in [5.74, 6) is -1.29. The van der Waals surface area contributed by atoms with E-state index in [0.717, 1.165) is 5.56 Å². The molecule has 0 radical (unpaired) electrons. The van der Waals surface area contributed by atoms with E-state index in [4.69, 9.17) is 15.6 Å². The van der Waals surface area contributed by atoms with E-state index in [1.807, 2.05) is 36.4 Å². The summed E-state index contributed by atoms with van der Waals surface area (Å²) in [4.78, 5) is 11.0. The van der Waals surface area contributed by atoms with Crippen LogP contribution >= 0.6 is 0 Å². The van der Waals surface area contributed by atoms with E-state index < -0.39 is 5.97 Å². The minimum absolute atomic E-state index is 0.295. The maximum absolute atomic E-state index is 11.0. The normalized spacial score (nSPS) is 10.7. The summed E-state index contributed by atoms with van der Waals surface area (Å²) in [6.45, 7) is 0.402. The molecular formula is C16H12N4O2. The number of nitrogens with zero attached hydrogens (tertiary/aromatic N) is 4. The van der Waals surface area contributed by atoms with Crippen LogP contribution < -0.4 is 0 Å². The minimum Gasteiger partial charge on any atom is -0.477 e. The maximum atomic E-state index is 11.0. The average molecular weight is 292 g/mol. The standard InChI is InChI=1S/C16H12N4O2/c17-7-4-8-20-11-14(9-13(10-18)16(21)22)15(19-20)12-5-2-1-3-6-12/h1-3,5-6,9,11H,4,8H2,(H,21,22)/b13-9-. The highest BCUT2D eigenvalue weighted by Crippen LogP contribution is 2.24. The van der Waals surface area contributed by atoms with E-state index in [0.29, 0.717) is 24.2 Å². The van der Waals surface area contributed by atoms with Crippen LogP contribution in [-0.2, 0) is 11.3 Å². The zero-order chi connectivity index (χ0) is 15.9. The van der Waals surface area contributed by atoms with Gasteiger partial charge in [-0.1, -0.05) is 30.3 Å². The quantitative estimate of drug-likeness (QED) is 0.673. The summed E-state index contributed by atoms with van der Waals surface area (Å²) < 4.78 is 1.58. The van der Waals surface area contributed by atoms with E-state index in [1.165, 1.54) is 6.08 Å². The molecule has 22 heavy (non-hydrogen) atoms. The number of nitriles is 2. The van der Waals surface area contributed by atoms with Crippen molar-refractivity contribution in [1.82, 2.24) is 9.78 Å². The first-order chi connectivity index (χ1) is 10.7. The fraction of sp³-hybridized carbons (Fsp3) is 0.125. The molecule has 0 unspecified atom stereocenters. The largest absolute Gasteiger partial charge is 0.477 e. The van der Waals surface area contributed by atoms with E-state index in [1.54, 1.807) is 16.9 Å². The molecule has 1 N–H and O–H groups in total. The minimum atomic E-state index is -1.29. The van der Waals surface area contributed by atoms with Gasteiger partial charge in [0.05, 0.1) is 24.7 Å². The highest BCUT2D eigenvalue weighted by molar-refractivity contribution is 5.97. The molecule has 1 aromatic heterocycles. The second-order valence-electron chi connectivity index (χ2n) is 4.45. The van der Waals surface area contributed by atoms with Crippen LogP contribution in [0.5, 0.6) is 0 Å². The lowest BCUT2D eigenvalue weighted by Gasteiger charge is -1.98. The zero-order valence-corrected chi connectivity index (χ0v) is 11.6. The van der Waals surface area contributed by atoms with Gasteiger partial charge in [0, 0.05) is 17.3 Å². The van der Waals surface area contributed by atoms with Crippen molar-refractivity contribution in [3.05, 3.63) is 47.7 Å². The molecule has 0 amide bonds. The second-order valence-corrected chi connectivity index (χ2v) is 4.45. The molecule has 0 aliphatic heterocycles. The molecule has 0 fully saturated rings. The van der Waals surface area contributed by atoms with E-state index >= 15 is 0 Å². The van der Waals surface area contributed by atoms with Gasteiger partial charge in [-0.3, -0.25) is 4.68 Å². The van der Waals surface area contributed by atoms with E-state index in [2.05, 4.69) is 5.10 Å². The Labute approximate surface area is 127 Å². The van der Waals surface area contributed by atoms with Crippen LogP contribution in [0, 0.1) is 22.7 Å². The van der Waals surface area contributed by atoms with Gasteiger partial charge >= 0.3 is 5.97 Å². The number of benzene rings is 1. The topological polar surface area (TPSA) is 103 Å². The van der Waals surface area contributed by atoms with Gasteiger partial charge in [-0.15, -0.1) is 0 Å². The number of aryl methyl sites for hydroxylation is 1. The molecule has 2 aromatic rings. The SMILES string of the molecule is N#CCCn1cc(/C=C(/C#N)C(=O)O)c(-c2ccccc2)n1. The number of carboxylic acids is 1. The summed E-state index contributed by atoms with van der Waals surface area (Å²) >= 11 is 0. The van der Waals surface area contributed by atoms with Gasteiger partial charge < -0.3 is 5.11 Å². The van der Waals surface area contributed by atoms with Gasteiger partial charge in [-0.05, 0) is 6.08 Å². The second kappa shape index (κ2) is 6.87. The molecule has 1 aromatic carbocycles. The number of hydrogen-bond acceptors (Lipinski definition) is 4. The summed E-state index contributed by atoms with van der Waals surface area (Å²) in [6, 6.07) is 12.9. The van der Waals surface area contributed by atoms with Gasteiger partial charge in [0.1, 0.15) is 11.6 Å². The van der Waals surface area contributed by atoms with Crippen molar-refractivity contribution in [2.45, 2.75) is 13.0 Å². The van der Waals surface area contributed by atoms with E-state index in [-0.39, 0.29) is 5.57 Å². The predicted octanol–water partition coefficient (Wildman–Crippen LogP) is 2.46. The number of aromatic nitrogens is 2. The monoisotopic (exact) mass is 292 g/mol. The lowest BCUT2D eigenvalue weighted by Crippen LogP contribution is -1.97. The lowest BCUT2D eigenvalue weighted by molar-refractivity contribution is -0.132. The lowest BCUT2D eigenvalue weighted by atomic mass is 10.1. The van der Waals surface area contributed by atoms with Gasteiger partial charge in [0.15, 0.2) is 0 Å². The molecule has 2 rings (SSSR count). The van der Waals surface area contributed by atoms with Crippen molar-refractivity contribution in [2.75, 3.05) is 0 Å². The Morgan fingerprint density at radius 1 is 1.32 bits per heavy atom. The molecule has 0 saturated heterocycles. The number of carbonyl (C=O) groups is 1. The van der Waals surface area contributed by atoms with Crippen LogP contribution in [0.4, 0.5) is 0 Å². The Hall–Kier alpha value is -3.38. The van der Waals surface area contributed by atoms with Crippen molar-refractivity contribution in [3.8, 4) is 23.4 Å². The van der Waals surface area contributed by atoms with Crippen LogP contribution in [0.1, 0.15) is 12.0 Å². The van der Waals surface area contributed by atoms with Crippen LogP contribution in [0.3, 0.4) is 0 Å². The number of carboxylic acid groups (broad SMARTS) is 1. The highest BCUT2D eigenvalue weighted by atomic mass is 16.4. The summed E-state index contributed by atoms with van der Waals surface area (Å²) in [7, 11) is 0. The van der Waals surface area contributed by atoms with Gasteiger partial charge in [0.2, 0.25) is 0 Å². The zero-order valence-electron chi connectivity index (χ0n) is 11.6. The van der Waals surface area contributed by atoms with Gasteiger partial charge in [0.25, 0.3) is 0 Å². The predicted molar refractivity (Wildman–Crippen MR) is 79.1 cm³/mol. The first kappa shape index (κ1) is 15.0. The molecule has 0 saturated carbocycles. The Balaban J connectivity index is 2.52. The third-order valence-electron chi connectivity index (χ3n) is 2.94. The molecule has 6 heteroatoms. The Morgan fingerprint density at radius 3 is 2.64 bits per heavy atom. The fourth-order valence-electron chi connectivity index (χ4n) is 1.94. The van der Waals surface area contributed by atoms with Gasteiger partial charge in [-0.25, -0.2) is 4.79 Å². The smallest absolute Gasteiger partial charge is 0.346 e.